The molecule has 0 bridgehead atoms. The van der Waals surface area contributed by atoms with Crippen LogP contribution in [-0.2, 0) is 12.8 Å². The number of thioether (sulfide) groups is 1. The second-order valence-electron chi connectivity index (χ2n) is 8.53. The number of benzene rings is 2. The highest BCUT2D eigenvalue weighted by Gasteiger charge is 2.30. The summed E-state index contributed by atoms with van der Waals surface area (Å²) in [7, 11) is 4.26. The summed E-state index contributed by atoms with van der Waals surface area (Å²) in [6.45, 7) is 6.82. The Bertz CT molecular complexity index is 756. The van der Waals surface area contributed by atoms with Crippen LogP contribution in [0.25, 0.3) is 0 Å². The van der Waals surface area contributed by atoms with Gasteiger partial charge in [-0.1, -0.05) is 45.7 Å². The minimum atomic E-state index is 0.567. The van der Waals surface area contributed by atoms with Gasteiger partial charge < -0.3 is 10.6 Å². The molecule has 1 aliphatic heterocycles. The van der Waals surface area contributed by atoms with E-state index < -0.39 is 0 Å². The highest BCUT2D eigenvalue weighted by molar-refractivity contribution is 7.99. The third kappa shape index (κ3) is 6.99. The number of nitrogens with two attached hydrogens (primary N) is 1. The number of nitrogen functional groups attached to an aromatic ring is 1. The van der Waals surface area contributed by atoms with Crippen LogP contribution in [0.5, 0.6) is 0 Å². The zero-order valence-electron chi connectivity index (χ0n) is 19.1. The van der Waals surface area contributed by atoms with Gasteiger partial charge >= 0.3 is 0 Å². The number of anilines is 2. The lowest BCUT2D eigenvalue weighted by Crippen LogP contribution is -2.22. The van der Waals surface area contributed by atoms with Crippen molar-refractivity contribution in [1.82, 2.24) is 0 Å². The molecule has 29 heavy (non-hydrogen) atoms. The normalized spacial score (nSPS) is 18.2. The van der Waals surface area contributed by atoms with Gasteiger partial charge in [-0.25, -0.2) is 0 Å². The van der Waals surface area contributed by atoms with E-state index in [1.807, 2.05) is 18.2 Å². The molecule has 2 aromatic carbocycles. The highest BCUT2D eigenvalue weighted by atomic mass is 32.2. The summed E-state index contributed by atoms with van der Waals surface area (Å²) in [4.78, 5) is 3.72. The van der Waals surface area contributed by atoms with Crippen LogP contribution in [0.15, 0.2) is 47.4 Å². The van der Waals surface area contributed by atoms with Crippen LogP contribution in [0.4, 0.5) is 11.4 Å². The summed E-state index contributed by atoms with van der Waals surface area (Å²) < 4.78 is 0. The Labute approximate surface area is 183 Å². The van der Waals surface area contributed by atoms with E-state index in [1.165, 1.54) is 60.4 Å². The van der Waals surface area contributed by atoms with E-state index in [0.717, 1.165) is 12.1 Å². The second-order valence-corrected chi connectivity index (χ2v) is 9.55. The number of nitrogens with zero attached hydrogens (tertiary/aromatic N) is 1. The number of fused-ring (bicyclic) bond motifs is 1. The van der Waals surface area contributed by atoms with Crippen molar-refractivity contribution >= 4 is 23.1 Å². The lowest BCUT2D eigenvalue weighted by atomic mass is 9.77. The summed E-state index contributed by atoms with van der Waals surface area (Å²) in [5.41, 5.74) is 11.2. The molecule has 2 aromatic rings. The monoisotopic (exact) mass is 412 g/mol. The molecular weight excluding hydrogens is 372 g/mol. The molecule has 160 valence electrons. The third-order valence-electron chi connectivity index (χ3n) is 6.19. The maximum absolute atomic E-state index is 5.53. The molecule has 0 aromatic heterocycles. The van der Waals surface area contributed by atoms with Gasteiger partial charge in [0.05, 0.1) is 0 Å². The molecule has 0 aliphatic carbocycles. The minimum absolute atomic E-state index is 0.567. The maximum atomic E-state index is 5.53. The molecule has 0 saturated heterocycles. The van der Waals surface area contributed by atoms with Crippen molar-refractivity contribution < 1.29 is 0 Å². The number of hydrogen-bond donors (Lipinski definition) is 1. The van der Waals surface area contributed by atoms with Crippen LogP contribution in [0, 0.1) is 5.41 Å². The van der Waals surface area contributed by atoms with Crippen molar-refractivity contribution in [2.45, 2.75) is 70.6 Å². The smallest absolute Gasteiger partial charge is 0.0364 e. The van der Waals surface area contributed by atoms with Gasteiger partial charge in [0, 0.05) is 36.1 Å². The summed E-state index contributed by atoms with van der Waals surface area (Å²) in [6, 6.07) is 15.0. The first-order chi connectivity index (χ1) is 13.9. The second kappa shape index (κ2) is 11.5. The summed E-state index contributed by atoms with van der Waals surface area (Å²) in [6.07, 6.45) is 9.11. The average molecular weight is 413 g/mol. The van der Waals surface area contributed by atoms with Crippen molar-refractivity contribution in [1.29, 1.82) is 0 Å². The van der Waals surface area contributed by atoms with E-state index in [4.69, 9.17) is 5.73 Å². The van der Waals surface area contributed by atoms with Crippen molar-refractivity contribution in [3.8, 4) is 0 Å². The van der Waals surface area contributed by atoms with E-state index >= 15 is 0 Å². The molecule has 1 aliphatic rings. The zero-order valence-corrected chi connectivity index (χ0v) is 19.9. The Morgan fingerprint density at radius 3 is 2.45 bits per heavy atom. The topological polar surface area (TPSA) is 29.3 Å². The lowest BCUT2D eigenvalue weighted by molar-refractivity contribution is 0.262. The molecule has 0 amide bonds. The van der Waals surface area contributed by atoms with Crippen LogP contribution in [0.1, 0.15) is 64.0 Å². The molecule has 1 heterocycles. The molecule has 0 fully saturated rings. The van der Waals surface area contributed by atoms with Crippen LogP contribution in [0.2, 0.25) is 0 Å². The Balaban J connectivity index is 0.000000278. The van der Waals surface area contributed by atoms with Crippen LogP contribution < -0.4 is 10.6 Å². The molecule has 0 unspecified atom stereocenters. The predicted octanol–water partition coefficient (Wildman–Crippen LogP) is 7.21. The van der Waals surface area contributed by atoms with Gasteiger partial charge in [-0.15, -0.1) is 11.8 Å². The van der Waals surface area contributed by atoms with Crippen molar-refractivity contribution in [3.63, 3.8) is 0 Å². The van der Waals surface area contributed by atoms with Gasteiger partial charge in [0.1, 0.15) is 0 Å². The van der Waals surface area contributed by atoms with Gasteiger partial charge in [0.25, 0.3) is 0 Å². The lowest BCUT2D eigenvalue weighted by Gasteiger charge is -2.31. The van der Waals surface area contributed by atoms with Crippen molar-refractivity contribution in [2.24, 2.45) is 5.41 Å². The molecule has 0 radical (unpaired) electrons. The fraction of sp³-hybridized carbons (Fsp3) is 0.538. The summed E-state index contributed by atoms with van der Waals surface area (Å²) >= 11 is 2.09. The van der Waals surface area contributed by atoms with E-state index in [-0.39, 0.29) is 0 Å². The number of aryl methyl sites for hydroxylation is 2. The molecule has 2 nitrogen and oxygen atoms in total. The number of unbranched alkanes of at least 4 members (excludes halogenated alkanes) is 1. The summed E-state index contributed by atoms with van der Waals surface area (Å²) in [5.74, 6) is 1.30. The number of rotatable bonds is 6. The molecule has 0 spiro atoms. The minimum Gasteiger partial charge on any atom is -0.399 e. The molecule has 1 atom stereocenters. The fourth-order valence-corrected chi connectivity index (χ4v) is 5.37. The first-order valence-electron chi connectivity index (χ1n) is 11.2. The SMILES string of the molecule is CCCC[C@@]1(CC)CCc2cc(N(C)C)ccc2SC1.CCc1cccc(N)c1. The first-order valence-corrected chi connectivity index (χ1v) is 12.2. The predicted molar refractivity (Wildman–Crippen MR) is 132 cm³/mol. The van der Waals surface area contributed by atoms with Gasteiger partial charge in [-0.3, -0.25) is 0 Å². The third-order valence-corrected chi connectivity index (χ3v) is 7.65. The Morgan fingerprint density at radius 1 is 1.07 bits per heavy atom. The number of hydrogen-bond acceptors (Lipinski definition) is 3. The quantitative estimate of drug-likeness (QED) is 0.508. The fourth-order valence-electron chi connectivity index (χ4n) is 3.90. The van der Waals surface area contributed by atoms with Gasteiger partial charge in [0.2, 0.25) is 0 Å². The van der Waals surface area contributed by atoms with Crippen molar-refractivity contribution in [3.05, 3.63) is 53.6 Å². The summed E-state index contributed by atoms with van der Waals surface area (Å²) in [5, 5.41) is 0. The van der Waals surface area contributed by atoms with Gasteiger partial charge in [-0.05, 0) is 79.0 Å². The van der Waals surface area contributed by atoms with E-state index in [0.29, 0.717) is 5.41 Å². The van der Waals surface area contributed by atoms with Crippen LogP contribution in [-0.4, -0.2) is 19.8 Å². The van der Waals surface area contributed by atoms with Gasteiger partial charge in [0.15, 0.2) is 0 Å². The Hall–Kier alpha value is -1.61. The average Bonchev–Trinajstić information content (AvgIpc) is 2.92. The van der Waals surface area contributed by atoms with E-state index in [9.17, 15) is 0 Å². The standard InChI is InChI=1S/C18H29NS.C8H11N/c1-5-7-11-18(6-2)12-10-15-13-16(19(3)4)8-9-17(15)20-14-18;1-2-7-4-3-5-8(9)6-7/h8-9,13H,5-7,10-12,14H2,1-4H3;3-6H,2,9H2,1H3/t18-;/m0./s1. The zero-order chi connectivity index (χ0) is 21.3. The molecule has 2 N–H and O–H groups in total. The maximum Gasteiger partial charge on any atom is 0.0364 e. The molecule has 3 rings (SSSR count). The largest absolute Gasteiger partial charge is 0.399 e. The van der Waals surface area contributed by atoms with Crippen molar-refractivity contribution in [2.75, 3.05) is 30.5 Å². The van der Waals surface area contributed by atoms with E-state index in [1.54, 1.807) is 5.56 Å². The first kappa shape index (κ1) is 23.7. The Morgan fingerprint density at radius 2 is 1.86 bits per heavy atom. The van der Waals surface area contributed by atoms with Gasteiger partial charge in [-0.2, -0.15) is 0 Å². The highest BCUT2D eigenvalue weighted by Crippen LogP contribution is 2.44. The van der Waals surface area contributed by atoms with E-state index in [2.05, 4.69) is 75.8 Å². The van der Waals surface area contributed by atoms with Crippen LogP contribution >= 0.6 is 11.8 Å². The Kier molecular flexibility index (Phi) is 9.42. The molecule has 3 heteroatoms. The van der Waals surface area contributed by atoms with Crippen LogP contribution in [0.3, 0.4) is 0 Å². The molecular formula is C26H40N2S. The molecule has 0 saturated carbocycles.